The molecule has 2 aromatic carbocycles. The van der Waals surface area contributed by atoms with Crippen LogP contribution in [-0.2, 0) is 22.7 Å². The zero-order chi connectivity index (χ0) is 16.9. The second kappa shape index (κ2) is 7.49. The number of hydrogen-bond donors (Lipinski definition) is 1. The van der Waals surface area contributed by atoms with E-state index in [1.54, 1.807) is 11.0 Å². The molecular formula is C19H19ClN2O2. The molecule has 2 aromatic rings. The first-order valence-electron chi connectivity index (χ1n) is 7.99. The van der Waals surface area contributed by atoms with Gasteiger partial charge in [0, 0.05) is 24.5 Å². The molecule has 0 saturated carbocycles. The first kappa shape index (κ1) is 16.5. The SMILES string of the molecule is O=C(NCc1ccccc1Cl)[C@@H]1CCC(=O)N1Cc1ccccc1. The van der Waals surface area contributed by atoms with Crippen LogP contribution in [0.1, 0.15) is 24.0 Å². The van der Waals surface area contributed by atoms with Gasteiger partial charge < -0.3 is 10.2 Å². The van der Waals surface area contributed by atoms with Gasteiger partial charge in [0.1, 0.15) is 6.04 Å². The van der Waals surface area contributed by atoms with E-state index >= 15 is 0 Å². The lowest BCUT2D eigenvalue weighted by Gasteiger charge is -2.24. The molecule has 2 amide bonds. The lowest BCUT2D eigenvalue weighted by molar-refractivity contribution is -0.135. The zero-order valence-electron chi connectivity index (χ0n) is 13.2. The summed E-state index contributed by atoms with van der Waals surface area (Å²) in [5.74, 6) is -0.103. The Bertz CT molecular complexity index is 733. The van der Waals surface area contributed by atoms with Crippen LogP contribution in [0.15, 0.2) is 54.6 Å². The van der Waals surface area contributed by atoms with E-state index in [2.05, 4.69) is 5.32 Å². The van der Waals surface area contributed by atoms with Crippen molar-refractivity contribution in [2.45, 2.75) is 32.0 Å². The summed E-state index contributed by atoms with van der Waals surface area (Å²) in [6, 6.07) is 16.7. The molecule has 3 rings (SSSR count). The van der Waals surface area contributed by atoms with Gasteiger partial charge in [0.15, 0.2) is 0 Å². The van der Waals surface area contributed by atoms with E-state index < -0.39 is 6.04 Å². The lowest BCUT2D eigenvalue weighted by atomic mass is 10.1. The number of nitrogens with zero attached hydrogens (tertiary/aromatic N) is 1. The fourth-order valence-electron chi connectivity index (χ4n) is 2.93. The van der Waals surface area contributed by atoms with E-state index in [4.69, 9.17) is 11.6 Å². The number of carbonyl (C=O) groups is 2. The maximum Gasteiger partial charge on any atom is 0.243 e. The number of likely N-dealkylation sites (tertiary alicyclic amines) is 1. The minimum atomic E-state index is -0.416. The van der Waals surface area contributed by atoms with Crippen molar-refractivity contribution in [3.8, 4) is 0 Å². The van der Waals surface area contributed by atoms with Gasteiger partial charge in [-0.15, -0.1) is 0 Å². The zero-order valence-corrected chi connectivity index (χ0v) is 14.0. The summed E-state index contributed by atoms with van der Waals surface area (Å²) in [5, 5.41) is 3.53. The minimum absolute atomic E-state index is 0.0248. The molecule has 0 bridgehead atoms. The Kier molecular flexibility index (Phi) is 5.16. The molecule has 4 nitrogen and oxygen atoms in total. The van der Waals surface area contributed by atoms with Crippen LogP contribution in [-0.4, -0.2) is 22.8 Å². The summed E-state index contributed by atoms with van der Waals surface area (Å²) in [7, 11) is 0. The van der Waals surface area contributed by atoms with Crippen molar-refractivity contribution in [3.05, 3.63) is 70.7 Å². The average Bonchev–Trinajstić information content (AvgIpc) is 2.96. The molecule has 1 aliphatic heterocycles. The first-order valence-corrected chi connectivity index (χ1v) is 8.37. The average molecular weight is 343 g/mol. The Labute approximate surface area is 146 Å². The summed E-state index contributed by atoms with van der Waals surface area (Å²) in [5.41, 5.74) is 1.89. The lowest BCUT2D eigenvalue weighted by Crippen LogP contribution is -2.44. The quantitative estimate of drug-likeness (QED) is 0.907. The second-order valence-corrected chi connectivity index (χ2v) is 6.28. The number of benzene rings is 2. The maximum absolute atomic E-state index is 12.5. The van der Waals surface area contributed by atoms with Crippen molar-refractivity contribution in [1.29, 1.82) is 0 Å². The van der Waals surface area contributed by atoms with Crippen LogP contribution in [0.2, 0.25) is 5.02 Å². The van der Waals surface area contributed by atoms with Crippen LogP contribution in [0.4, 0.5) is 0 Å². The van der Waals surface area contributed by atoms with Gasteiger partial charge in [-0.1, -0.05) is 60.1 Å². The van der Waals surface area contributed by atoms with E-state index in [0.29, 0.717) is 31.0 Å². The van der Waals surface area contributed by atoms with Crippen LogP contribution in [0.3, 0.4) is 0 Å². The summed E-state index contributed by atoms with van der Waals surface area (Å²) < 4.78 is 0. The smallest absolute Gasteiger partial charge is 0.243 e. The van der Waals surface area contributed by atoms with Gasteiger partial charge in [-0.3, -0.25) is 9.59 Å². The summed E-state index contributed by atoms with van der Waals surface area (Å²) >= 11 is 6.11. The van der Waals surface area contributed by atoms with Crippen LogP contribution in [0.5, 0.6) is 0 Å². The minimum Gasteiger partial charge on any atom is -0.350 e. The molecule has 1 aliphatic rings. The third-order valence-electron chi connectivity index (χ3n) is 4.24. The van der Waals surface area contributed by atoms with Crippen LogP contribution in [0, 0.1) is 0 Å². The highest BCUT2D eigenvalue weighted by Gasteiger charge is 2.35. The Morgan fingerprint density at radius 1 is 1.12 bits per heavy atom. The Hall–Kier alpha value is -2.33. The maximum atomic E-state index is 12.5. The third kappa shape index (κ3) is 3.77. The Morgan fingerprint density at radius 3 is 2.58 bits per heavy atom. The van der Waals surface area contributed by atoms with Gasteiger partial charge in [0.25, 0.3) is 0 Å². The normalized spacial score (nSPS) is 17.1. The Balaban J connectivity index is 1.64. The molecule has 5 heteroatoms. The summed E-state index contributed by atoms with van der Waals surface area (Å²) in [6.07, 6.45) is 0.969. The molecule has 1 heterocycles. The molecule has 1 fully saturated rings. The van der Waals surface area contributed by atoms with E-state index in [-0.39, 0.29) is 11.8 Å². The van der Waals surface area contributed by atoms with Crippen LogP contribution in [0.25, 0.3) is 0 Å². The highest BCUT2D eigenvalue weighted by molar-refractivity contribution is 6.31. The number of hydrogen-bond acceptors (Lipinski definition) is 2. The second-order valence-electron chi connectivity index (χ2n) is 5.87. The predicted octanol–water partition coefficient (Wildman–Crippen LogP) is 3.15. The highest BCUT2D eigenvalue weighted by Crippen LogP contribution is 2.22. The number of amides is 2. The molecule has 0 spiro atoms. The van der Waals surface area contributed by atoms with Gasteiger partial charge in [-0.2, -0.15) is 0 Å². The van der Waals surface area contributed by atoms with E-state index in [0.717, 1.165) is 11.1 Å². The third-order valence-corrected chi connectivity index (χ3v) is 4.61. The molecule has 1 N–H and O–H groups in total. The predicted molar refractivity (Wildman–Crippen MR) is 93.3 cm³/mol. The number of rotatable bonds is 5. The van der Waals surface area contributed by atoms with E-state index in [9.17, 15) is 9.59 Å². The summed E-state index contributed by atoms with van der Waals surface area (Å²) in [4.78, 5) is 26.3. The van der Waals surface area contributed by atoms with Crippen molar-refractivity contribution >= 4 is 23.4 Å². The number of carbonyl (C=O) groups excluding carboxylic acids is 2. The van der Waals surface area contributed by atoms with Crippen LogP contribution >= 0.6 is 11.6 Å². The van der Waals surface area contributed by atoms with Crippen molar-refractivity contribution in [3.63, 3.8) is 0 Å². The molecular weight excluding hydrogens is 324 g/mol. The van der Waals surface area contributed by atoms with Crippen molar-refractivity contribution in [2.24, 2.45) is 0 Å². The van der Waals surface area contributed by atoms with Crippen molar-refractivity contribution in [1.82, 2.24) is 10.2 Å². The monoisotopic (exact) mass is 342 g/mol. The molecule has 0 aromatic heterocycles. The van der Waals surface area contributed by atoms with Crippen LogP contribution < -0.4 is 5.32 Å². The highest BCUT2D eigenvalue weighted by atomic mass is 35.5. The van der Waals surface area contributed by atoms with E-state index in [1.165, 1.54) is 0 Å². The number of nitrogens with one attached hydrogen (secondary N) is 1. The van der Waals surface area contributed by atoms with Gasteiger partial charge >= 0.3 is 0 Å². The van der Waals surface area contributed by atoms with E-state index in [1.807, 2.05) is 48.5 Å². The Morgan fingerprint density at radius 2 is 1.83 bits per heavy atom. The topological polar surface area (TPSA) is 49.4 Å². The van der Waals surface area contributed by atoms with Gasteiger partial charge in [-0.05, 0) is 23.6 Å². The van der Waals surface area contributed by atoms with Crippen molar-refractivity contribution < 1.29 is 9.59 Å². The molecule has 1 saturated heterocycles. The van der Waals surface area contributed by atoms with Gasteiger partial charge in [0.05, 0.1) is 0 Å². The molecule has 0 unspecified atom stereocenters. The fourth-order valence-corrected chi connectivity index (χ4v) is 3.13. The van der Waals surface area contributed by atoms with Gasteiger partial charge in [-0.25, -0.2) is 0 Å². The van der Waals surface area contributed by atoms with Crippen molar-refractivity contribution in [2.75, 3.05) is 0 Å². The molecule has 0 radical (unpaired) electrons. The first-order chi connectivity index (χ1) is 11.6. The molecule has 124 valence electrons. The largest absolute Gasteiger partial charge is 0.350 e. The fraction of sp³-hybridized carbons (Fsp3) is 0.263. The molecule has 1 atom stereocenters. The number of halogens is 1. The summed E-state index contributed by atoms with van der Waals surface area (Å²) in [6.45, 7) is 0.826. The van der Waals surface area contributed by atoms with Gasteiger partial charge in [0.2, 0.25) is 11.8 Å². The molecule has 24 heavy (non-hydrogen) atoms. The standard InChI is InChI=1S/C19H19ClN2O2/c20-16-9-5-4-8-15(16)12-21-19(24)17-10-11-18(23)22(17)13-14-6-2-1-3-7-14/h1-9,17H,10-13H2,(H,21,24)/t17-/m0/s1. The molecule has 0 aliphatic carbocycles.